The molecule has 0 saturated heterocycles. The molecule has 0 aliphatic heterocycles. The van der Waals surface area contributed by atoms with E-state index in [1.165, 1.54) is 32.4 Å². The Bertz CT molecular complexity index is 492. The zero-order valence-electron chi connectivity index (χ0n) is 11.2. The number of carbonyl (C=O) groups excluding carboxylic acids is 2. The predicted molar refractivity (Wildman–Crippen MR) is 70.1 cm³/mol. The molecule has 0 spiro atoms. The third-order valence-corrected chi connectivity index (χ3v) is 2.47. The number of amides is 2. The number of nitrogens with one attached hydrogen (secondary N) is 1. The molecule has 0 heterocycles. The quantitative estimate of drug-likeness (QED) is 0.341. The first-order valence-corrected chi connectivity index (χ1v) is 5.67. The third-order valence-electron chi connectivity index (χ3n) is 2.47. The lowest BCUT2D eigenvalue weighted by atomic mass is 10.2. The topological polar surface area (TPSA) is 126 Å². The van der Waals surface area contributed by atoms with Crippen LogP contribution in [0.5, 0.6) is 11.5 Å². The smallest absolute Gasteiger partial charge is 0.277 e. The van der Waals surface area contributed by atoms with Crippen LogP contribution in [0.25, 0.3) is 0 Å². The summed E-state index contributed by atoms with van der Waals surface area (Å²) in [5.41, 5.74) is 7.41. The number of rotatable bonds is 7. The van der Waals surface area contributed by atoms with Crippen molar-refractivity contribution in [3.8, 4) is 11.5 Å². The van der Waals surface area contributed by atoms with Crippen molar-refractivity contribution in [2.75, 3.05) is 20.8 Å². The molecule has 20 heavy (non-hydrogen) atoms. The molecule has 1 aromatic rings. The molecular formula is C12H17N3O5. The van der Waals surface area contributed by atoms with Gasteiger partial charge in [0.05, 0.1) is 13.7 Å². The fraction of sp³-hybridized carbons (Fsp3) is 0.333. The molecule has 0 saturated carbocycles. The van der Waals surface area contributed by atoms with Gasteiger partial charge in [-0.2, -0.15) is 0 Å². The minimum absolute atomic E-state index is 0.00373. The normalized spacial score (nSPS) is 11.6. The number of ether oxygens (including phenoxy) is 3. The zero-order chi connectivity index (χ0) is 15.1. The molecule has 1 rings (SSSR count). The van der Waals surface area contributed by atoms with Crippen LogP contribution in [0.1, 0.15) is 10.4 Å². The van der Waals surface area contributed by atoms with E-state index in [1.807, 2.05) is 5.43 Å². The predicted octanol–water partition coefficient (Wildman–Crippen LogP) is -0.822. The van der Waals surface area contributed by atoms with E-state index in [0.29, 0.717) is 0 Å². The highest BCUT2D eigenvalue weighted by Crippen LogP contribution is 2.28. The Hall–Kier alpha value is -2.32. The highest BCUT2D eigenvalue weighted by Gasteiger charge is 2.21. The highest BCUT2D eigenvalue weighted by molar-refractivity contribution is 5.93. The Morgan fingerprint density at radius 3 is 2.50 bits per heavy atom. The van der Waals surface area contributed by atoms with E-state index in [0.717, 1.165) is 0 Å². The Morgan fingerprint density at radius 1 is 1.30 bits per heavy atom. The molecule has 0 radical (unpaired) electrons. The third kappa shape index (κ3) is 3.84. The SMILES string of the molecule is COCC(Oc1ccc(C(N)=O)cc1OC)C(=O)NN. The molecule has 0 aliphatic carbocycles. The van der Waals surface area contributed by atoms with E-state index < -0.39 is 17.9 Å². The highest BCUT2D eigenvalue weighted by atomic mass is 16.5. The Morgan fingerprint density at radius 2 is 2.00 bits per heavy atom. The average Bonchev–Trinajstić information content (AvgIpc) is 2.45. The van der Waals surface area contributed by atoms with Gasteiger partial charge in [-0.1, -0.05) is 0 Å². The first-order valence-electron chi connectivity index (χ1n) is 5.67. The van der Waals surface area contributed by atoms with Crippen LogP contribution in [0, 0.1) is 0 Å². The fourth-order valence-corrected chi connectivity index (χ4v) is 1.48. The van der Waals surface area contributed by atoms with Crippen LogP contribution in [-0.2, 0) is 9.53 Å². The van der Waals surface area contributed by atoms with Crippen molar-refractivity contribution < 1.29 is 23.8 Å². The molecule has 0 aromatic heterocycles. The number of hydrogen-bond donors (Lipinski definition) is 3. The van der Waals surface area contributed by atoms with Crippen molar-refractivity contribution in [3.63, 3.8) is 0 Å². The van der Waals surface area contributed by atoms with Crippen LogP contribution in [-0.4, -0.2) is 38.7 Å². The number of methoxy groups -OCH3 is 2. The summed E-state index contributed by atoms with van der Waals surface area (Å²) < 4.78 is 15.4. The van der Waals surface area contributed by atoms with E-state index in [1.54, 1.807) is 0 Å². The second-order valence-electron chi connectivity index (χ2n) is 3.80. The monoisotopic (exact) mass is 283 g/mol. The van der Waals surface area contributed by atoms with Gasteiger partial charge >= 0.3 is 0 Å². The van der Waals surface area contributed by atoms with Crippen molar-refractivity contribution in [1.82, 2.24) is 5.43 Å². The number of hydrogen-bond acceptors (Lipinski definition) is 6. The zero-order valence-corrected chi connectivity index (χ0v) is 11.2. The van der Waals surface area contributed by atoms with Gasteiger partial charge in [-0.15, -0.1) is 0 Å². The van der Waals surface area contributed by atoms with E-state index in [-0.39, 0.29) is 23.7 Å². The van der Waals surface area contributed by atoms with Crippen molar-refractivity contribution in [2.24, 2.45) is 11.6 Å². The van der Waals surface area contributed by atoms with E-state index in [4.69, 9.17) is 25.8 Å². The molecule has 0 fully saturated rings. The maximum absolute atomic E-state index is 11.5. The number of nitrogens with two attached hydrogens (primary N) is 2. The lowest BCUT2D eigenvalue weighted by molar-refractivity contribution is -0.130. The van der Waals surface area contributed by atoms with Crippen molar-refractivity contribution in [3.05, 3.63) is 23.8 Å². The second kappa shape index (κ2) is 7.31. The first-order chi connectivity index (χ1) is 9.53. The molecule has 1 aromatic carbocycles. The molecule has 0 aliphatic rings. The summed E-state index contributed by atoms with van der Waals surface area (Å²) in [5.74, 6) is 4.46. The summed E-state index contributed by atoms with van der Waals surface area (Å²) in [6, 6.07) is 4.36. The summed E-state index contributed by atoms with van der Waals surface area (Å²) in [5, 5.41) is 0. The maximum Gasteiger partial charge on any atom is 0.277 e. The van der Waals surface area contributed by atoms with E-state index in [9.17, 15) is 9.59 Å². The van der Waals surface area contributed by atoms with Gasteiger partial charge in [0, 0.05) is 12.7 Å². The van der Waals surface area contributed by atoms with Crippen molar-refractivity contribution in [1.29, 1.82) is 0 Å². The second-order valence-corrected chi connectivity index (χ2v) is 3.80. The number of benzene rings is 1. The van der Waals surface area contributed by atoms with Crippen LogP contribution >= 0.6 is 0 Å². The Balaban J connectivity index is 3.00. The molecule has 110 valence electrons. The summed E-state index contributed by atoms with van der Waals surface area (Å²) in [7, 11) is 2.83. The summed E-state index contributed by atoms with van der Waals surface area (Å²) in [6.07, 6.45) is -0.946. The molecule has 1 unspecified atom stereocenters. The average molecular weight is 283 g/mol. The van der Waals surface area contributed by atoms with Gasteiger partial charge in [0.15, 0.2) is 11.5 Å². The van der Waals surface area contributed by atoms with E-state index >= 15 is 0 Å². The van der Waals surface area contributed by atoms with Crippen LogP contribution in [0.3, 0.4) is 0 Å². The van der Waals surface area contributed by atoms with Gasteiger partial charge in [-0.05, 0) is 18.2 Å². The summed E-state index contributed by atoms with van der Waals surface area (Å²) in [6.45, 7) is 0.00373. The van der Waals surface area contributed by atoms with Crippen molar-refractivity contribution in [2.45, 2.75) is 6.10 Å². The van der Waals surface area contributed by atoms with Crippen LogP contribution in [0.15, 0.2) is 18.2 Å². The Kier molecular flexibility index (Phi) is 5.75. The largest absolute Gasteiger partial charge is 0.493 e. The lowest BCUT2D eigenvalue weighted by Crippen LogP contribution is -2.44. The van der Waals surface area contributed by atoms with Gasteiger partial charge < -0.3 is 19.9 Å². The molecule has 8 nitrogen and oxygen atoms in total. The van der Waals surface area contributed by atoms with Gasteiger partial charge in [0.25, 0.3) is 5.91 Å². The standard InChI is InChI=1S/C12H17N3O5/c1-18-6-10(12(17)15-14)20-8-4-3-7(11(13)16)5-9(8)19-2/h3-5,10H,6,14H2,1-2H3,(H2,13,16)(H,15,17). The number of primary amides is 1. The van der Waals surface area contributed by atoms with Crippen LogP contribution in [0.2, 0.25) is 0 Å². The minimum atomic E-state index is -0.946. The number of carbonyl (C=O) groups is 2. The van der Waals surface area contributed by atoms with Crippen molar-refractivity contribution >= 4 is 11.8 Å². The van der Waals surface area contributed by atoms with Gasteiger partial charge in [0.1, 0.15) is 0 Å². The maximum atomic E-state index is 11.5. The number of hydrazine groups is 1. The first kappa shape index (κ1) is 15.7. The molecule has 5 N–H and O–H groups in total. The van der Waals surface area contributed by atoms with Gasteiger partial charge in [-0.25, -0.2) is 5.84 Å². The van der Waals surface area contributed by atoms with Crippen LogP contribution < -0.4 is 26.5 Å². The fourth-order valence-electron chi connectivity index (χ4n) is 1.48. The van der Waals surface area contributed by atoms with Gasteiger partial charge in [-0.3, -0.25) is 15.0 Å². The van der Waals surface area contributed by atoms with E-state index in [2.05, 4.69) is 0 Å². The molecule has 0 bridgehead atoms. The summed E-state index contributed by atoms with van der Waals surface area (Å²) in [4.78, 5) is 22.6. The minimum Gasteiger partial charge on any atom is -0.493 e. The molecule has 8 heteroatoms. The molecule has 2 amide bonds. The van der Waals surface area contributed by atoms with Crippen LogP contribution in [0.4, 0.5) is 0 Å². The Labute approximate surface area is 115 Å². The van der Waals surface area contributed by atoms with Gasteiger partial charge in [0.2, 0.25) is 12.0 Å². The molecule has 1 atom stereocenters. The lowest BCUT2D eigenvalue weighted by Gasteiger charge is -2.18. The molecular weight excluding hydrogens is 266 g/mol. The summed E-state index contributed by atoms with van der Waals surface area (Å²) >= 11 is 0.